The Bertz CT molecular complexity index is 644. The van der Waals surface area contributed by atoms with Gasteiger partial charge in [-0.15, -0.1) is 0 Å². The van der Waals surface area contributed by atoms with Gasteiger partial charge < -0.3 is 16.2 Å². The number of nitrogens with two attached hydrogens (primary N) is 1. The summed E-state index contributed by atoms with van der Waals surface area (Å²) in [6.07, 6.45) is -4.45. The second kappa shape index (κ2) is 5.13. The molecule has 106 valence electrons. The highest BCUT2D eigenvalue weighted by atomic mass is 35.5. The van der Waals surface area contributed by atoms with Crippen molar-refractivity contribution in [1.29, 1.82) is 0 Å². The van der Waals surface area contributed by atoms with Crippen molar-refractivity contribution in [3.63, 3.8) is 0 Å². The van der Waals surface area contributed by atoms with Gasteiger partial charge >= 0.3 is 6.18 Å². The van der Waals surface area contributed by atoms with E-state index >= 15 is 0 Å². The molecule has 3 nitrogen and oxygen atoms in total. The fourth-order valence-electron chi connectivity index (χ4n) is 1.61. The van der Waals surface area contributed by atoms with Crippen molar-refractivity contribution in [1.82, 2.24) is 0 Å². The van der Waals surface area contributed by atoms with Gasteiger partial charge in [0.1, 0.15) is 5.75 Å². The molecule has 0 atom stereocenters. The van der Waals surface area contributed by atoms with E-state index in [4.69, 9.17) is 17.3 Å². The molecule has 0 aliphatic heterocycles. The maximum absolute atomic E-state index is 12.5. The molecule has 0 saturated heterocycles. The molecule has 0 aromatic heterocycles. The number of rotatable bonds is 2. The van der Waals surface area contributed by atoms with Crippen LogP contribution in [0.4, 0.5) is 30.2 Å². The summed E-state index contributed by atoms with van der Waals surface area (Å²) in [6.45, 7) is 0. The molecule has 4 N–H and O–H groups in total. The van der Waals surface area contributed by atoms with Crippen LogP contribution >= 0.6 is 11.6 Å². The fourth-order valence-corrected chi connectivity index (χ4v) is 1.78. The summed E-state index contributed by atoms with van der Waals surface area (Å²) in [7, 11) is 0. The molecule has 0 saturated carbocycles. The number of phenols is 1. The Balaban J connectivity index is 2.33. The lowest BCUT2D eigenvalue weighted by Crippen LogP contribution is -2.06. The molecule has 0 aliphatic carbocycles. The summed E-state index contributed by atoms with van der Waals surface area (Å²) in [6, 6.07) is 7.21. The molecule has 2 aromatic carbocycles. The van der Waals surface area contributed by atoms with Gasteiger partial charge in [-0.1, -0.05) is 11.6 Å². The van der Waals surface area contributed by atoms with E-state index in [-0.39, 0.29) is 22.8 Å². The SMILES string of the molecule is Nc1cc(C(F)(F)F)ccc1Nc1cc(Cl)ccc1O. The van der Waals surface area contributed by atoms with E-state index in [9.17, 15) is 18.3 Å². The number of nitrogens with one attached hydrogen (secondary N) is 1. The molecule has 0 fully saturated rings. The minimum atomic E-state index is -4.45. The third kappa shape index (κ3) is 3.08. The molecule has 7 heteroatoms. The Morgan fingerprint density at radius 3 is 2.35 bits per heavy atom. The lowest BCUT2D eigenvalue weighted by atomic mass is 10.1. The van der Waals surface area contributed by atoms with Gasteiger partial charge in [0.25, 0.3) is 0 Å². The van der Waals surface area contributed by atoms with Crippen LogP contribution in [0.2, 0.25) is 5.02 Å². The zero-order valence-electron chi connectivity index (χ0n) is 10.0. The maximum Gasteiger partial charge on any atom is 0.416 e. The first kappa shape index (κ1) is 14.3. The predicted octanol–water partition coefficient (Wildman–Crippen LogP) is 4.39. The van der Waals surface area contributed by atoms with Crippen molar-refractivity contribution >= 4 is 28.7 Å². The number of hydrogen-bond acceptors (Lipinski definition) is 3. The minimum Gasteiger partial charge on any atom is -0.506 e. The van der Waals surface area contributed by atoms with Gasteiger partial charge in [-0.05, 0) is 36.4 Å². The highest BCUT2D eigenvalue weighted by molar-refractivity contribution is 6.31. The first-order valence-electron chi connectivity index (χ1n) is 5.49. The van der Waals surface area contributed by atoms with Crippen LogP contribution in [0.15, 0.2) is 36.4 Å². The van der Waals surface area contributed by atoms with E-state index in [0.29, 0.717) is 5.02 Å². The summed E-state index contributed by atoms with van der Waals surface area (Å²) in [5, 5.41) is 12.7. The number of benzene rings is 2. The lowest BCUT2D eigenvalue weighted by molar-refractivity contribution is -0.137. The van der Waals surface area contributed by atoms with Crippen molar-refractivity contribution in [2.24, 2.45) is 0 Å². The summed E-state index contributed by atoms with van der Waals surface area (Å²) in [4.78, 5) is 0. The third-order valence-corrected chi connectivity index (χ3v) is 2.84. The van der Waals surface area contributed by atoms with E-state index in [2.05, 4.69) is 5.32 Å². The van der Waals surface area contributed by atoms with E-state index in [1.54, 1.807) is 0 Å². The molecule has 2 aromatic rings. The van der Waals surface area contributed by atoms with E-state index in [1.165, 1.54) is 24.3 Å². The zero-order chi connectivity index (χ0) is 14.9. The van der Waals surface area contributed by atoms with Crippen LogP contribution in [-0.2, 0) is 6.18 Å². The smallest absolute Gasteiger partial charge is 0.416 e. The molecular formula is C13H10ClF3N2O. The quantitative estimate of drug-likeness (QED) is 0.569. The van der Waals surface area contributed by atoms with Crippen LogP contribution in [0.3, 0.4) is 0 Å². The number of aromatic hydroxyl groups is 1. The van der Waals surface area contributed by atoms with E-state index in [1.807, 2.05) is 0 Å². The molecule has 0 aliphatic rings. The van der Waals surface area contributed by atoms with Gasteiger partial charge in [-0.2, -0.15) is 13.2 Å². The maximum atomic E-state index is 12.5. The molecule has 0 spiro atoms. The van der Waals surface area contributed by atoms with Gasteiger partial charge in [0, 0.05) is 5.02 Å². The Morgan fingerprint density at radius 2 is 1.75 bits per heavy atom. The number of halogens is 4. The minimum absolute atomic E-state index is 0.0841. The van der Waals surface area contributed by atoms with Crippen molar-refractivity contribution < 1.29 is 18.3 Å². The van der Waals surface area contributed by atoms with Crippen molar-refractivity contribution in [3.05, 3.63) is 47.0 Å². The molecule has 2 rings (SSSR count). The summed E-state index contributed by atoms with van der Waals surface area (Å²) < 4.78 is 37.5. The molecule has 20 heavy (non-hydrogen) atoms. The van der Waals surface area contributed by atoms with Crippen LogP contribution < -0.4 is 11.1 Å². The van der Waals surface area contributed by atoms with Crippen molar-refractivity contribution in [3.8, 4) is 5.75 Å². The fraction of sp³-hybridized carbons (Fsp3) is 0.0769. The van der Waals surface area contributed by atoms with Gasteiger partial charge in [-0.25, -0.2) is 0 Å². The highest BCUT2D eigenvalue weighted by Crippen LogP contribution is 2.35. The Labute approximate surface area is 117 Å². The Hall–Kier alpha value is -2.08. The third-order valence-electron chi connectivity index (χ3n) is 2.61. The predicted molar refractivity (Wildman–Crippen MR) is 72.3 cm³/mol. The number of anilines is 3. The molecule has 0 radical (unpaired) electrons. The molecule has 0 bridgehead atoms. The van der Waals surface area contributed by atoms with E-state index in [0.717, 1.165) is 12.1 Å². The topological polar surface area (TPSA) is 58.3 Å². The van der Waals surface area contributed by atoms with Crippen molar-refractivity contribution in [2.75, 3.05) is 11.1 Å². The standard InChI is InChI=1S/C13H10ClF3N2O/c14-8-2-4-12(20)11(6-8)19-10-3-1-7(5-9(10)18)13(15,16)17/h1-6,19-20H,18H2. The molecule has 0 unspecified atom stereocenters. The van der Waals surface area contributed by atoms with Crippen LogP contribution in [-0.4, -0.2) is 5.11 Å². The van der Waals surface area contributed by atoms with Crippen LogP contribution in [0.5, 0.6) is 5.75 Å². The second-order valence-electron chi connectivity index (χ2n) is 4.09. The number of nitrogen functional groups attached to an aromatic ring is 1. The molecular weight excluding hydrogens is 293 g/mol. The van der Waals surface area contributed by atoms with Gasteiger partial charge in [0.2, 0.25) is 0 Å². The van der Waals surface area contributed by atoms with Crippen LogP contribution in [0.1, 0.15) is 5.56 Å². The summed E-state index contributed by atoms with van der Waals surface area (Å²) in [5.41, 5.74) is 5.16. The van der Waals surface area contributed by atoms with Crippen LogP contribution in [0.25, 0.3) is 0 Å². The largest absolute Gasteiger partial charge is 0.506 e. The van der Waals surface area contributed by atoms with Gasteiger partial charge in [0.05, 0.1) is 22.6 Å². The number of phenolic OH excluding ortho intramolecular Hbond substituents is 1. The Kier molecular flexibility index (Phi) is 3.67. The van der Waals surface area contributed by atoms with E-state index < -0.39 is 11.7 Å². The summed E-state index contributed by atoms with van der Waals surface area (Å²) >= 11 is 5.78. The Morgan fingerprint density at radius 1 is 1.05 bits per heavy atom. The number of hydrogen-bond donors (Lipinski definition) is 3. The monoisotopic (exact) mass is 302 g/mol. The van der Waals surface area contributed by atoms with Crippen LogP contribution in [0, 0.1) is 0 Å². The molecule has 0 heterocycles. The average molecular weight is 303 g/mol. The van der Waals surface area contributed by atoms with Gasteiger partial charge in [0.15, 0.2) is 0 Å². The first-order valence-corrected chi connectivity index (χ1v) is 5.87. The summed E-state index contributed by atoms with van der Waals surface area (Å²) in [5.74, 6) is -0.0892. The average Bonchev–Trinajstić information content (AvgIpc) is 2.35. The zero-order valence-corrected chi connectivity index (χ0v) is 10.8. The second-order valence-corrected chi connectivity index (χ2v) is 4.52. The van der Waals surface area contributed by atoms with Gasteiger partial charge in [-0.3, -0.25) is 0 Å². The first-order chi connectivity index (χ1) is 9.27. The van der Waals surface area contributed by atoms with Crippen molar-refractivity contribution in [2.45, 2.75) is 6.18 Å². The molecule has 0 amide bonds. The highest BCUT2D eigenvalue weighted by Gasteiger charge is 2.30. The number of alkyl halides is 3. The normalized spacial score (nSPS) is 11.4. The lowest BCUT2D eigenvalue weighted by Gasteiger charge is -2.13.